The highest BCUT2D eigenvalue weighted by atomic mass is 16.5. The van der Waals surface area contributed by atoms with Gasteiger partial charge >= 0.3 is 5.97 Å². The molecule has 0 spiro atoms. The normalized spacial score (nSPS) is 11.9. The minimum Gasteiger partial charge on any atom is -0.478 e. The van der Waals surface area contributed by atoms with Gasteiger partial charge in [0.1, 0.15) is 0 Å². The predicted molar refractivity (Wildman–Crippen MR) is 74.6 cm³/mol. The summed E-state index contributed by atoms with van der Waals surface area (Å²) >= 11 is 0. The van der Waals surface area contributed by atoms with E-state index in [1.807, 2.05) is 32.2 Å². The van der Waals surface area contributed by atoms with E-state index in [2.05, 4.69) is 4.57 Å². The molecule has 0 amide bonds. The zero-order valence-electron chi connectivity index (χ0n) is 11.5. The van der Waals surface area contributed by atoms with Crippen molar-refractivity contribution in [2.45, 2.75) is 32.4 Å². The van der Waals surface area contributed by atoms with E-state index in [4.69, 9.17) is 9.84 Å². The number of carboxylic acid groups (broad SMARTS) is 1. The van der Waals surface area contributed by atoms with Crippen LogP contribution in [0.15, 0.2) is 30.5 Å². The van der Waals surface area contributed by atoms with Crippen LogP contribution in [-0.4, -0.2) is 28.4 Å². The molecule has 0 bridgehead atoms. The second-order valence-corrected chi connectivity index (χ2v) is 5.30. The summed E-state index contributed by atoms with van der Waals surface area (Å²) in [6.45, 7) is 4.89. The molecule has 0 unspecified atom stereocenters. The average Bonchev–Trinajstić information content (AvgIpc) is 2.78. The van der Waals surface area contributed by atoms with Crippen LogP contribution >= 0.6 is 0 Å². The van der Waals surface area contributed by atoms with Crippen molar-refractivity contribution in [2.24, 2.45) is 0 Å². The van der Waals surface area contributed by atoms with Crippen LogP contribution in [0.5, 0.6) is 0 Å². The Hall–Kier alpha value is -1.81. The molecule has 0 saturated heterocycles. The first-order valence-corrected chi connectivity index (χ1v) is 6.30. The van der Waals surface area contributed by atoms with Gasteiger partial charge in [-0.2, -0.15) is 0 Å². The maximum atomic E-state index is 11.0. The number of benzene rings is 1. The fraction of sp³-hybridized carbons (Fsp3) is 0.400. The Kier molecular flexibility index (Phi) is 3.62. The summed E-state index contributed by atoms with van der Waals surface area (Å²) in [4.78, 5) is 11.0. The number of nitrogens with zero attached hydrogens (tertiary/aromatic N) is 1. The monoisotopic (exact) mass is 261 g/mol. The maximum Gasteiger partial charge on any atom is 0.335 e. The van der Waals surface area contributed by atoms with Crippen LogP contribution < -0.4 is 0 Å². The highest BCUT2D eigenvalue weighted by Gasteiger charge is 2.16. The Balaban J connectivity index is 2.28. The molecule has 19 heavy (non-hydrogen) atoms. The lowest BCUT2D eigenvalue weighted by atomic mass is 10.1. The van der Waals surface area contributed by atoms with E-state index < -0.39 is 5.97 Å². The molecule has 0 atom stereocenters. The lowest BCUT2D eigenvalue weighted by Crippen LogP contribution is -2.24. The van der Waals surface area contributed by atoms with Crippen molar-refractivity contribution < 1.29 is 14.6 Å². The van der Waals surface area contributed by atoms with Gasteiger partial charge in [-0.3, -0.25) is 0 Å². The van der Waals surface area contributed by atoms with E-state index in [-0.39, 0.29) is 5.60 Å². The lowest BCUT2D eigenvalue weighted by Gasteiger charge is -2.23. The molecular formula is C15H19NO3. The second-order valence-electron chi connectivity index (χ2n) is 5.30. The first-order chi connectivity index (χ1) is 8.93. The van der Waals surface area contributed by atoms with Crippen molar-refractivity contribution in [3.05, 3.63) is 36.0 Å². The Morgan fingerprint density at radius 2 is 2.11 bits per heavy atom. The third-order valence-electron chi connectivity index (χ3n) is 3.53. The van der Waals surface area contributed by atoms with E-state index in [0.29, 0.717) is 5.56 Å². The molecule has 102 valence electrons. The molecule has 1 aromatic carbocycles. The molecule has 0 aliphatic rings. The first-order valence-electron chi connectivity index (χ1n) is 6.30. The van der Waals surface area contributed by atoms with Crippen molar-refractivity contribution in [1.29, 1.82) is 0 Å². The van der Waals surface area contributed by atoms with Gasteiger partial charge in [-0.05, 0) is 43.9 Å². The standard InChI is InChI=1S/C15H19NO3/c1-15(2,19-3)7-9-16-8-6-11-4-5-12(14(17)18)10-13(11)16/h4-6,8,10H,7,9H2,1-3H3,(H,17,18). The third-order valence-corrected chi connectivity index (χ3v) is 3.53. The van der Waals surface area contributed by atoms with Crippen molar-refractivity contribution >= 4 is 16.9 Å². The highest BCUT2D eigenvalue weighted by molar-refractivity contribution is 5.93. The molecule has 2 aromatic rings. The number of hydrogen-bond donors (Lipinski definition) is 1. The number of carboxylic acids is 1. The SMILES string of the molecule is COC(C)(C)CCn1ccc2ccc(C(=O)O)cc21. The summed E-state index contributed by atoms with van der Waals surface area (Å²) in [5, 5.41) is 10.1. The van der Waals surface area contributed by atoms with E-state index in [1.165, 1.54) is 0 Å². The molecule has 1 aromatic heterocycles. The van der Waals surface area contributed by atoms with Crippen LogP contribution in [0.25, 0.3) is 10.9 Å². The van der Waals surface area contributed by atoms with Crippen LogP contribution in [0.4, 0.5) is 0 Å². The van der Waals surface area contributed by atoms with Gasteiger partial charge in [0.2, 0.25) is 0 Å². The van der Waals surface area contributed by atoms with Gasteiger partial charge in [0.05, 0.1) is 11.2 Å². The molecule has 1 N–H and O–H groups in total. The number of carbonyl (C=O) groups is 1. The number of methoxy groups -OCH3 is 1. The average molecular weight is 261 g/mol. The highest BCUT2D eigenvalue weighted by Crippen LogP contribution is 2.21. The minimum absolute atomic E-state index is 0.180. The van der Waals surface area contributed by atoms with Crippen molar-refractivity contribution in [2.75, 3.05) is 7.11 Å². The van der Waals surface area contributed by atoms with E-state index >= 15 is 0 Å². The summed E-state index contributed by atoms with van der Waals surface area (Å²) in [6, 6.07) is 7.20. The van der Waals surface area contributed by atoms with Crippen LogP contribution in [0, 0.1) is 0 Å². The predicted octanol–water partition coefficient (Wildman–Crippen LogP) is 3.15. The summed E-state index contributed by atoms with van der Waals surface area (Å²) in [5.41, 5.74) is 1.09. The molecule has 2 rings (SSSR count). The summed E-state index contributed by atoms with van der Waals surface area (Å²) < 4.78 is 7.47. The molecule has 0 aliphatic heterocycles. The number of aromatic carboxylic acids is 1. The molecular weight excluding hydrogens is 242 g/mol. The van der Waals surface area contributed by atoms with Crippen LogP contribution in [0.1, 0.15) is 30.6 Å². The van der Waals surface area contributed by atoms with E-state index in [0.717, 1.165) is 23.9 Å². The fourth-order valence-corrected chi connectivity index (χ4v) is 2.00. The fourth-order valence-electron chi connectivity index (χ4n) is 2.00. The van der Waals surface area contributed by atoms with Gasteiger partial charge in [0.25, 0.3) is 0 Å². The molecule has 0 radical (unpaired) electrons. The number of fused-ring (bicyclic) bond motifs is 1. The van der Waals surface area contributed by atoms with Gasteiger partial charge in [0.15, 0.2) is 0 Å². The van der Waals surface area contributed by atoms with Crippen LogP contribution in [0.3, 0.4) is 0 Å². The number of rotatable bonds is 5. The molecule has 4 heteroatoms. The molecule has 0 aliphatic carbocycles. The zero-order chi connectivity index (χ0) is 14.0. The molecule has 1 heterocycles. The van der Waals surface area contributed by atoms with Crippen LogP contribution in [0.2, 0.25) is 0 Å². The number of ether oxygens (including phenoxy) is 1. The molecule has 4 nitrogen and oxygen atoms in total. The van der Waals surface area contributed by atoms with Crippen LogP contribution in [-0.2, 0) is 11.3 Å². The van der Waals surface area contributed by atoms with Gasteiger partial charge in [-0.15, -0.1) is 0 Å². The first kappa shape index (κ1) is 13.6. The Morgan fingerprint density at radius 1 is 1.37 bits per heavy atom. The zero-order valence-corrected chi connectivity index (χ0v) is 11.5. The van der Waals surface area contributed by atoms with Crippen molar-refractivity contribution in [1.82, 2.24) is 4.57 Å². The van der Waals surface area contributed by atoms with Gasteiger partial charge in [-0.25, -0.2) is 4.79 Å². The summed E-state index contributed by atoms with van der Waals surface area (Å²) in [5.74, 6) is -0.896. The number of hydrogen-bond acceptors (Lipinski definition) is 2. The lowest BCUT2D eigenvalue weighted by molar-refractivity contribution is 0.0123. The quantitative estimate of drug-likeness (QED) is 0.899. The van der Waals surface area contributed by atoms with E-state index in [9.17, 15) is 4.79 Å². The summed E-state index contributed by atoms with van der Waals surface area (Å²) in [7, 11) is 1.70. The van der Waals surface area contributed by atoms with Gasteiger partial charge in [-0.1, -0.05) is 6.07 Å². The second kappa shape index (κ2) is 5.05. The minimum atomic E-state index is -0.896. The third kappa shape index (κ3) is 2.96. The maximum absolute atomic E-state index is 11.0. The Morgan fingerprint density at radius 3 is 2.74 bits per heavy atom. The smallest absolute Gasteiger partial charge is 0.335 e. The number of aryl methyl sites for hydroxylation is 1. The Bertz CT molecular complexity index is 598. The Labute approximate surface area is 112 Å². The van der Waals surface area contributed by atoms with Gasteiger partial charge < -0.3 is 14.4 Å². The van der Waals surface area contributed by atoms with Gasteiger partial charge in [0, 0.05) is 25.4 Å². The summed E-state index contributed by atoms with van der Waals surface area (Å²) in [6.07, 6.45) is 2.85. The largest absolute Gasteiger partial charge is 0.478 e. The van der Waals surface area contributed by atoms with E-state index in [1.54, 1.807) is 19.2 Å². The molecule has 0 fully saturated rings. The molecule has 0 saturated carbocycles. The topological polar surface area (TPSA) is 51.5 Å². The number of aromatic nitrogens is 1. The van der Waals surface area contributed by atoms with Crippen molar-refractivity contribution in [3.63, 3.8) is 0 Å². The van der Waals surface area contributed by atoms with Crippen molar-refractivity contribution in [3.8, 4) is 0 Å².